The van der Waals surface area contributed by atoms with E-state index < -0.39 is 29.4 Å². The Kier molecular flexibility index (Phi) is 3.78. The third-order valence-corrected chi connectivity index (χ3v) is 1.91. The molecule has 0 aliphatic rings. The third-order valence-electron chi connectivity index (χ3n) is 1.91. The van der Waals surface area contributed by atoms with Crippen LogP contribution in [0.2, 0.25) is 0 Å². The molecule has 0 aliphatic heterocycles. The zero-order valence-electron chi connectivity index (χ0n) is 8.41. The number of H-pyrrole nitrogens is 1. The largest absolute Gasteiger partial charge is 0.480 e. The Balaban J connectivity index is 2.75. The van der Waals surface area contributed by atoms with Crippen molar-refractivity contribution in [1.29, 1.82) is 0 Å². The van der Waals surface area contributed by atoms with Crippen molar-refractivity contribution in [2.75, 3.05) is 6.61 Å². The SMILES string of the molecule is O=C(N[C@@H](CO)C(=O)O)c1cc([N+](=O)[O-])c[nH]1. The summed E-state index contributed by atoms with van der Waals surface area (Å²) >= 11 is 0. The Morgan fingerprint density at radius 3 is 2.65 bits per heavy atom. The van der Waals surface area contributed by atoms with Crippen molar-refractivity contribution in [2.24, 2.45) is 0 Å². The molecule has 1 amide bonds. The minimum Gasteiger partial charge on any atom is -0.480 e. The Morgan fingerprint density at radius 1 is 1.59 bits per heavy atom. The number of hydrogen-bond donors (Lipinski definition) is 4. The first-order valence-corrected chi connectivity index (χ1v) is 4.43. The molecule has 0 spiro atoms. The van der Waals surface area contributed by atoms with Crippen molar-refractivity contribution >= 4 is 17.6 Å². The van der Waals surface area contributed by atoms with Gasteiger partial charge in [0.05, 0.1) is 17.7 Å². The van der Waals surface area contributed by atoms with E-state index in [9.17, 15) is 19.7 Å². The molecule has 0 aliphatic carbocycles. The second-order valence-electron chi connectivity index (χ2n) is 3.08. The number of rotatable bonds is 5. The first-order chi connectivity index (χ1) is 7.95. The minimum absolute atomic E-state index is 0.156. The summed E-state index contributed by atoms with van der Waals surface area (Å²) in [4.78, 5) is 33.9. The van der Waals surface area contributed by atoms with E-state index >= 15 is 0 Å². The van der Waals surface area contributed by atoms with Crippen LogP contribution in [0.3, 0.4) is 0 Å². The van der Waals surface area contributed by atoms with E-state index in [1.165, 1.54) is 0 Å². The van der Waals surface area contributed by atoms with Crippen LogP contribution in [0.4, 0.5) is 5.69 Å². The van der Waals surface area contributed by atoms with Crippen molar-refractivity contribution in [2.45, 2.75) is 6.04 Å². The second kappa shape index (κ2) is 5.07. The molecule has 0 aromatic carbocycles. The number of aromatic nitrogens is 1. The number of carboxylic acid groups (broad SMARTS) is 1. The average Bonchev–Trinajstić information content (AvgIpc) is 2.74. The van der Waals surface area contributed by atoms with E-state index in [1.54, 1.807) is 0 Å². The van der Waals surface area contributed by atoms with Crippen molar-refractivity contribution < 1.29 is 24.7 Å². The van der Waals surface area contributed by atoms with Gasteiger partial charge in [-0.15, -0.1) is 0 Å². The number of carbonyl (C=O) groups excluding carboxylic acids is 1. The van der Waals surface area contributed by atoms with Crippen LogP contribution in [0.25, 0.3) is 0 Å². The van der Waals surface area contributed by atoms with E-state index in [4.69, 9.17) is 10.2 Å². The van der Waals surface area contributed by atoms with E-state index in [-0.39, 0.29) is 11.4 Å². The van der Waals surface area contributed by atoms with Gasteiger partial charge in [0.15, 0.2) is 6.04 Å². The summed E-state index contributed by atoms with van der Waals surface area (Å²) in [6.45, 7) is -0.774. The van der Waals surface area contributed by atoms with Gasteiger partial charge < -0.3 is 20.5 Å². The number of aliphatic hydroxyl groups excluding tert-OH is 1. The fraction of sp³-hybridized carbons (Fsp3) is 0.250. The number of nitrogens with one attached hydrogen (secondary N) is 2. The summed E-state index contributed by atoms with van der Waals surface area (Å²) in [5, 5.41) is 29.6. The van der Waals surface area contributed by atoms with Gasteiger partial charge in [-0.1, -0.05) is 0 Å². The lowest BCUT2D eigenvalue weighted by atomic mass is 10.3. The maximum Gasteiger partial charge on any atom is 0.328 e. The highest BCUT2D eigenvalue weighted by molar-refractivity contribution is 5.95. The van der Waals surface area contributed by atoms with Crippen LogP contribution in [0.5, 0.6) is 0 Å². The highest BCUT2D eigenvalue weighted by Gasteiger charge is 2.21. The van der Waals surface area contributed by atoms with Crippen LogP contribution in [0.1, 0.15) is 10.5 Å². The molecule has 1 aromatic heterocycles. The predicted molar refractivity (Wildman–Crippen MR) is 53.4 cm³/mol. The van der Waals surface area contributed by atoms with Crippen LogP contribution < -0.4 is 5.32 Å². The molecule has 0 fully saturated rings. The van der Waals surface area contributed by atoms with Gasteiger partial charge in [0, 0.05) is 6.07 Å². The molecule has 0 bridgehead atoms. The smallest absolute Gasteiger partial charge is 0.328 e. The molecule has 17 heavy (non-hydrogen) atoms. The normalized spacial score (nSPS) is 11.8. The fourth-order valence-corrected chi connectivity index (χ4v) is 1.04. The van der Waals surface area contributed by atoms with Gasteiger partial charge in [-0.3, -0.25) is 14.9 Å². The zero-order chi connectivity index (χ0) is 13.0. The van der Waals surface area contributed by atoms with Crippen LogP contribution in [-0.4, -0.2) is 44.6 Å². The summed E-state index contributed by atoms with van der Waals surface area (Å²) < 4.78 is 0. The molecular formula is C8H9N3O6. The van der Waals surface area contributed by atoms with Crippen molar-refractivity contribution in [3.63, 3.8) is 0 Å². The molecule has 1 rings (SSSR count). The number of nitrogens with zero attached hydrogens (tertiary/aromatic N) is 1. The van der Waals surface area contributed by atoms with E-state index in [0.717, 1.165) is 12.3 Å². The first-order valence-electron chi connectivity index (χ1n) is 4.43. The number of aliphatic carboxylic acids is 1. The lowest BCUT2D eigenvalue weighted by Gasteiger charge is -2.10. The molecule has 1 atom stereocenters. The maximum absolute atomic E-state index is 11.4. The lowest BCUT2D eigenvalue weighted by molar-refractivity contribution is -0.384. The second-order valence-corrected chi connectivity index (χ2v) is 3.08. The summed E-state index contributed by atoms with van der Waals surface area (Å²) in [6.07, 6.45) is 1.00. The average molecular weight is 243 g/mol. The van der Waals surface area contributed by atoms with Gasteiger partial charge in [0.25, 0.3) is 11.6 Å². The molecule has 0 saturated heterocycles. The molecule has 92 valence electrons. The number of carboxylic acids is 1. The van der Waals surface area contributed by atoms with Crippen molar-refractivity contribution in [3.05, 3.63) is 28.1 Å². The number of nitro groups is 1. The minimum atomic E-state index is -1.45. The van der Waals surface area contributed by atoms with Gasteiger partial charge in [0.2, 0.25) is 0 Å². The van der Waals surface area contributed by atoms with Crippen LogP contribution in [-0.2, 0) is 4.79 Å². The van der Waals surface area contributed by atoms with Crippen molar-refractivity contribution in [1.82, 2.24) is 10.3 Å². The molecule has 4 N–H and O–H groups in total. The number of amides is 1. The highest BCUT2D eigenvalue weighted by atomic mass is 16.6. The Morgan fingerprint density at radius 2 is 2.24 bits per heavy atom. The lowest BCUT2D eigenvalue weighted by Crippen LogP contribution is -2.43. The number of carbonyl (C=O) groups is 2. The molecule has 0 saturated carbocycles. The molecule has 0 radical (unpaired) electrons. The monoisotopic (exact) mass is 243 g/mol. The fourth-order valence-electron chi connectivity index (χ4n) is 1.04. The number of hydrogen-bond acceptors (Lipinski definition) is 5. The summed E-state index contributed by atoms with van der Waals surface area (Å²) in [6, 6.07) is -0.490. The molecule has 0 unspecified atom stereocenters. The highest BCUT2D eigenvalue weighted by Crippen LogP contribution is 2.11. The molecular weight excluding hydrogens is 234 g/mol. The topological polar surface area (TPSA) is 146 Å². The Hall–Kier alpha value is -2.42. The molecule has 1 aromatic rings. The van der Waals surface area contributed by atoms with Gasteiger partial charge in [-0.2, -0.15) is 0 Å². The molecule has 1 heterocycles. The predicted octanol–water partition coefficient (Wildman–Crippen LogP) is -0.902. The summed E-state index contributed by atoms with van der Waals surface area (Å²) in [5.41, 5.74) is -0.470. The standard InChI is InChI=1S/C8H9N3O6/c12-3-6(8(14)15)10-7(13)5-1-4(2-9-5)11(16)17/h1-2,6,9,12H,3H2,(H,10,13)(H,14,15)/t6-/m0/s1. The zero-order valence-corrected chi connectivity index (χ0v) is 8.41. The van der Waals surface area contributed by atoms with E-state index in [0.29, 0.717) is 0 Å². The van der Waals surface area contributed by atoms with Crippen LogP contribution in [0, 0.1) is 10.1 Å². The molecule has 9 heteroatoms. The van der Waals surface area contributed by atoms with Gasteiger partial charge in [-0.05, 0) is 0 Å². The number of aromatic amines is 1. The van der Waals surface area contributed by atoms with Crippen LogP contribution >= 0.6 is 0 Å². The third kappa shape index (κ3) is 3.01. The first kappa shape index (κ1) is 12.6. The van der Waals surface area contributed by atoms with Gasteiger partial charge in [-0.25, -0.2) is 4.79 Å². The quantitative estimate of drug-likeness (QED) is 0.389. The number of aliphatic hydroxyl groups is 1. The maximum atomic E-state index is 11.4. The Bertz CT molecular complexity index is 454. The van der Waals surface area contributed by atoms with E-state index in [2.05, 4.69) is 4.98 Å². The molecule has 9 nitrogen and oxygen atoms in total. The summed E-state index contributed by atoms with van der Waals surface area (Å²) in [5.74, 6) is -2.25. The van der Waals surface area contributed by atoms with Gasteiger partial charge in [0.1, 0.15) is 5.69 Å². The van der Waals surface area contributed by atoms with Crippen molar-refractivity contribution in [3.8, 4) is 0 Å². The van der Waals surface area contributed by atoms with E-state index in [1.807, 2.05) is 5.32 Å². The Labute approximate surface area is 94.2 Å². The van der Waals surface area contributed by atoms with Gasteiger partial charge >= 0.3 is 5.97 Å². The summed E-state index contributed by atoms with van der Waals surface area (Å²) in [7, 11) is 0. The van der Waals surface area contributed by atoms with Crippen LogP contribution in [0.15, 0.2) is 12.3 Å².